The predicted octanol–water partition coefficient (Wildman–Crippen LogP) is 3.05. The summed E-state index contributed by atoms with van der Waals surface area (Å²) in [6, 6.07) is 17.0. The molecule has 1 N–H and O–H groups in total. The van der Waals surface area contributed by atoms with E-state index in [1.165, 1.54) is 0 Å². The molecular formula is C20H18N4O2. The Morgan fingerprint density at radius 1 is 1.15 bits per heavy atom. The molecule has 0 unspecified atom stereocenters. The van der Waals surface area contributed by atoms with Crippen LogP contribution in [0.1, 0.15) is 25.3 Å². The Bertz CT molecular complexity index is 956. The van der Waals surface area contributed by atoms with Gasteiger partial charge in [-0.25, -0.2) is 4.79 Å². The van der Waals surface area contributed by atoms with E-state index in [-0.39, 0.29) is 18.9 Å². The lowest BCUT2D eigenvalue weighted by Gasteiger charge is -2.23. The highest BCUT2D eigenvalue weighted by molar-refractivity contribution is 6.07. The maximum Gasteiger partial charge on any atom is 0.325 e. The number of nitriles is 2. The molecule has 0 radical (unpaired) electrons. The van der Waals surface area contributed by atoms with Gasteiger partial charge in [-0.2, -0.15) is 10.5 Å². The van der Waals surface area contributed by atoms with Gasteiger partial charge in [0.1, 0.15) is 5.54 Å². The summed E-state index contributed by atoms with van der Waals surface area (Å²) in [4.78, 5) is 26.4. The van der Waals surface area contributed by atoms with Gasteiger partial charge in [-0.05, 0) is 35.7 Å². The lowest BCUT2D eigenvalue weighted by molar-refractivity contribution is -0.131. The second-order valence-electron chi connectivity index (χ2n) is 6.56. The van der Waals surface area contributed by atoms with Gasteiger partial charge >= 0.3 is 6.03 Å². The van der Waals surface area contributed by atoms with Crippen molar-refractivity contribution in [1.29, 1.82) is 10.5 Å². The minimum Gasteiger partial charge on any atom is -0.319 e. The van der Waals surface area contributed by atoms with E-state index >= 15 is 0 Å². The SMILES string of the molecule is C[C@@]1(c2ccc3ccccc3c2)NC(=O)N(C[C@H](C#N)CCC#N)C1=O. The Morgan fingerprint density at radius 2 is 1.88 bits per heavy atom. The van der Waals surface area contributed by atoms with Crippen molar-refractivity contribution in [3.63, 3.8) is 0 Å². The second-order valence-corrected chi connectivity index (χ2v) is 6.56. The van der Waals surface area contributed by atoms with E-state index in [4.69, 9.17) is 5.26 Å². The fourth-order valence-electron chi connectivity index (χ4n) is 3.21. The van der Waals surface area contributed by atoms with Crippen molar-refractivity contribution in [3.05, 3.63) is 48.0 Å². The minimum atomic E-state index is -1.17. The molecule has 2 aromatic carbocycles. The molecule has 0 bridgehead atoms. The molecule has 0 aromatic heterocycles. The van der Waals surface area contributed by atoms with Crippen LogP contribution in [0.5, 0.6) is 0 Å². The van der Waals surface area contributed by atoms with Crippen molar-refractivity contribution in [2.45, 2.75) is 25.3 Å². The Morgan fingerprint density at radius 3 is 2.58 bits per heavy atom. The maximum absolute atomic E-state index is 13.0. The van der Waals surface area contributed by atoms with Crippen LogP contribution < -0.4 is 5.32 Å². The smallest absolute Gasteiger partial charge is 0.319 e. The van der Waals surface area contributed by atoms with Crippen molar-refractivity contribution in [3.8, 4) is 12.1 Å². The number of carbonyl (C=O) groups excluding carboxylic acids is 2. The van der Waals surface area contributed by atoms with Crippen molar-refractivity contribution in [1.82, 2.24) is 10.2 Å². The number of hydrogen-bond donors (Lipinski definition) is 1. The van der Waals surface area contributed by atoms with E-state index < -0.39 is 17.5 Å². The molecule has 3 amide bonds. The first-order chi connectivity index (χ1) is 12.5. The van der Waals surface area contributed by atoms with Crippen molar-refractivity contribution in [2.24, 2.45) is 5.92 Å². The van der Waals surface area contributed by atoms with Crippen LogP contribution >= 0.6 is 0 Å². The highest BCUT2D eigenvalue weighted by Crippen LogP contribution is 2.31. The van der Waals surface area contributed by atoms with Crippen LogP contribution in [0.2, 0.25) is 0 Å². The van der Waals surface area contributed by atoms with Gasteiger partial charge in [0.05, 0.1) is 18.1 Å². The zero-order chi connectivity index (χ0) is 18.7. The average Bonchev–Trinajstić information content (AvgIpc) is 2.88. The molecule has 1 aliphatic heterocycles. The first-order valence-electron chi connectivity index (χ1n) is 8.39. The van der Waals surface area contributed by atoms with Crippen molar-refractivity contribution < 1.29 is 9.59 Å². The summed E-state index contributed by atoms with van der Waals surface area (Å²) in [7, 11) is 0. The average molecular weight is 346 g/mol. The number of fused-ring (bicyclic) bond motifs is 1. The van der Waals surface area contributed by atoms with Crippen LogP contribution in [0.15, 0.2) is 42.5 Å². The van der Waals surface area contributed by atoms with Crippen LogP contribution in [0.3, 0.4) is 0 Å². The molecule has 130 valence electrons. The Kier molecular flexibility index (Phi) is 4.60. The molecular weight excluding hydrogens is 328 g/mol. The third-order valence-electron chi connectivity index (χ3n) is 4.79. The van der Waals surface area contributed by atoms with Gasteiger partial charge in [0.2, 0.25) is 0 Å². The minimum absolute atomic E-state index is 0.00792. The summed E-state index contributed by atoms with van der Waals surface area (Å²) < 4.78 is 0. The van der Waals surface area contributed by atoms with Gasteiger partial charge in [-0.15, -0.1) is 0 Å². The number of nitrogens with one attached hydrogen (secondary N) is 1. The molecule has 1 saturated heterocycles. The van der Waals surface area contributed by atoms with Gasteiger partial charge in [-0.1, -0.05) is 36.4 Å². The zero-order valence-electron chi connectivity index (χ0n) is 14.4. The molecule has 2 atom stereocenters. The Labute approximate surface area is 151 Å². The van der Waals surface area contributed by atoms with Crippen LogP contribution in [0.4, 0.5) is 4.79 Å². The van der Waals surface area contributed by atoms with Gasteiger partial charge in [-0.3, -0.25) is 9.69 Å². The highest BCUT2D eigenvalue weighted by Gasteiger charge is 2.49. The molecule has 6 nitrogen and oxygen atoms in total. The number of amides is 3. The summed E-state index contributed by atoms with van der Waals surface area (Å²) in [5.74, 6) is -0.932. The molecule has 1 heterocycles. The van der Waals surface area contributed by atoms with Crippen LogP contribution in [-0.2, 0) is 10.3 Å². The number of benzene rings is 2. The fourth-order valence-corrected chi connectivity index (χ4v) is 3.21. The highest BCUT2D eigenvalue weighted by atomic mass is 16.2. The summed E-state index contributed by atoms with van der Waals surface area (Å²) in [6.45, 7) is 1.67. The topological polar surface area (TPSA) is 97.0 Å². The lowest BCUT2D eigenvalue weighted by Crippen LogP contribution is -2.41. The molecule has 1 aliphatic rings. The molecule has 26 heavy (non-hydrogen) atoms. The molecule has 6 heteroatoms. The number of rotatable bonds is 5. The van der Waals surface area contributed by atoms with Gasteiger partial charge < -0.3 is 5.32 Å². The first kappa shape index (κ1) is 17.4. The summed E-state index contributed by atoms with van der Waals surface area (Å²) >= 11 is 0. The van der Waals surface area contributed by atoms with Crippen LogP contribution in [0, 0.1) is 28.6 Å². The van der Waals surface area contributed by atoms with Gasteiger partial charge in [0.25, 0.3) is 5.91 Å². The molecule has 2 aromatic rings. The first-order valence-corrected chi connectivity index (χ1v) is 8.39. The number of nitrogens with zero attached hydrogens (tertiary/aromatic N) is 3. The van der Waals surface area contributed by atoms with Crippen LogP contribution in [0.25, 0.3) is 10.8 Å². The van der Waals surface area contributed by atoms with Crippen molar-refractivity contribution in [2.75, 3.05) is 6.54 Å². The molecule has 3 rings (SSSR count). The number of carbonyl (C=O) groups is 2. The van der Waals surface area contributed by atoms with Crippen molar-refractivity contribution >= 4 is 22.7 Å². The quantitative estimate of drug-likeness (QED) is 0.841. The van der Waals surface area contributed by atoms with Crippen LogP contribution in [-0.4, -0.2) is 23.4 Å². The van der Waals surface area contributed by atoms with E-state index in [2.05, 4.69) is 11.4 Å². The number of hydrogen-bond acceptors (Lipinski definition) is 4. The summed E-state index contributed by atoms with van der Waals surface area (Å²) in [5.41, 5.74) is -0.473. The van der Waals surface area contributed by atoms with E-state index in [9.17, 15) is 14.9 Å². The number of imide groups is 1. The predicted molar refractivity (Wildman–Crippen MR) is 95.5 cm³/mol. The van der Waals surface area contributed by atoms with Gasteiger partial charge in [0.15, 0.2) is 0 Å². The van der Waals surface area contributed by atoms with Gasteiger partial charge in [0, 0.05) is 13.0 Å². The molecule has 1 fully saturated rings. The molecule has 0 aliphatic carbocycles. The molecule has 0 saturated carbocycles. The third kappa shape index (κ3) is 2.98. The standard InChI is InChI=1S/C20H18N4O2/c1-20(17-9-8-15-6-2-3-7-16(15)11-17)18(25)24(19(26)23-20)13-14(12-22)5-4-10-21/h2-3,6-9,11,14H,4-5,13H2,1H3,(H,23,26)/t14-,20-/m0/s1. The Balaban J connectivity index is 1.88. The summed E-state index contributed by atoms with van der Waals surface area (Å²) in [6.07, 6.45) is 0.542. The number of urea groups is 1. The van der Waals surface area contributed by atoms with E-state index in [0.717, 1.165) is 15.7 Å². The maximum atomic E-state index is 13.0. The fraction of sp³-hybridized carbons (Fsp3) is 0.300. The largest absolute Gasteiger partial charge is 0.325 e. The molecule has 0 spiro atoms. The third-order valence-corrected chi connectivity index (χ3v) is 4.79. The van der Waals surface area contributed by atoms with E-state index in [1.54, 1.807) is 6.92 Å². The van der Waals surface area contributed by atoms with E-state index in [0.29, 0.717) is 12.0 Å². The lowest BCUT2D eigenvalue weighted by atomic mass is 9.90. The zero-order valence-corrected chi connectivity index (χ0v) is 14.4. The normalized spacial score (nSPS) is 20.5. The summed E-state index contributed by atoms with van der Waals surface area (Å²) in [5, 5.41) is 22.7. The monoisotopic (exact) mass is 346 g/mol. The Hall–Kier alpha value is -3.38. The second kappa shape index (κ2) is 6.85. The van der Waals surface area contributed by atoms with E-state index in [1.807, 2.05) is 48.5 Å².